The van der Waals surface area contributed by atoms with Crippen LogP contribution in [0.15, 0.2) is 45.3 Å². The number of piperazine rings is 1. The summed E-state index contributed by atoms with van der Waals surface area (Å²) >= 11 is 6.99. The van der Waals surface area contributed by atoms with Crippen molar-refractivity contribution in [3.8, 4) is 23.0 Å². The van der Waals surface area contributed by atoms with E-state index in [-0.39, 0.29) is 12.2 Å². The quantitative estimate of drug-likeness (QED) is 0.588. The van der Waals surface area contributed by atoms with Crippen molar-refractivity contribution in [2.45, 2.75) is 12.2 Å². The molecule has 2 aromatic carbocycles. The lowest BCUT2D eigenvalue weighted by Crippen LogP contribution is -2.53. The largest absolute Gasteiger partial charge is 0.486 e. The molecule has 0 amide bonds. The van der Waals surface area contributed by atoms with E-state index in [0.29, 0.717) is 13.2 Å². The van der Waals surface area contributed by atoms with E-state index in [4.69, 9.17) is 18.9 Å². The predicted molar refractivity (Wildman–Crippen MR) is 121 cm³/mol. The van der Waals surface area contributed by atoms with Crippen molar-refractivity contribution in [3.05, 3.63) is 45.3 Å². The Bertz CT molecular complexity index is 831. The maximum Gasteiger partial charge on any atom is 0.162 e. The van der Waals surface area contributed by atoms with Crippen molar-refractivity contribution >= 4 is 31.9 Å². The highest BCUT2D eigenvalue weighted by Gasteiger charge is 2.28. The first-order chi connectivity index (χ1) is 14.6. The van der Waals surface area contributed by atoms with Crippen molar-refractivity contribution in [3.63, 3.8) is 0 Å². The maximum atomic E-state index is 6.16. The van der Waals surface area contributed by atoms with Gasteiger partial charge >= 0.3 is 0 Å². The summed E-state index contributed by atoms with van der Waals surface area (Å²) in [6.45, 7) is 7.01. The van der Waals surface area contributed by atoms with Gasteiger partial charge in [0.25, 0.3) is 0 Å². The summed E-state index contributed by atoms with van der Waals surface area (Å²) in [5.41, 5.74) is 0. The zero-order valence-electron chi connectivity index (χ0n) is 16.6. The molecule has 0 unspecified atom stereocenters. The molecule has 2 atom stereocenters. The highest BCUT2D eigenvalue weighted by molar-refractivity contribution is 9.10. The van der Waals surface area contributed by atoms with Gasteiger partial charge < -0.3 is 18.9 Å². The van der Waals surface area contributed by atoms with Gasteiger partial charge in [0.15, 0.2) is 23.0 Å². The van der Waals surface area contributed by atoms with Crippen LogP contribution in [0.2, 0.25) is 0 Å². The molecular weight excluding hydrogens is 516 g/mol. The van der Waals surface area contributed by atoms with Crippen LogP contribution in [0.1, 0.15) is 0 Å². The first kappa shape index (κ1) is 20.4. The Morgan fingerprint density at radius 3 is 1.53 bits per heavy atom. The zero-order valence-corrected chi connectivity index (χ0v) is 19.7. The molecular formula is C22H24Br2N2O4. The molecule has 0 N–H and O–H groups in total. The lowest BCUT2D eigenvalue weighted by Gasteiger charge is -2.39. The molecule has 2 aromatic rings. The summed E-state index contributed by atoms with van der Waals surface area (Å²) in [4.78, 5) is 4.91. The molecule has 0 aromatic heterocycles. The van der Waals surface area contributed by atoms with E-state index in [0.717, 1.165) is 71.2 Å². The first-order valence-electron chi connectivity index (χ1n) is 10.2. The van der Waals surface area contributed by atoms with Crippen molar-refractivity contribution in [1.29, 1.82) is 0 Å². The Morgan fingerprint density at radius 2 is 1.10 bits per heavy atom. The lowest BCUT2D eigenvalue weighted by molar-refractivity contribution is 0.0200. The van der Waals surface area contributed by atoms with Gasteiger partial charge in [-0.1, -0.05) is 31.9 Å². The second-order valence-electron chi connectivity index (χ2n) is 7.89. The first-order valence-corrected chi connectivity index (χ1v) is 11.8. The fourth-order valence-corrected chi connectivity index (χ4v) is 4.77. The van der Waals surface area contributed by atoms with Crippen LogP contribution >= 0.6 is 31.9 Å². The van der Waals surface area contributed by atoms with Crippen molar-refractivity contribution in [1.82, 2.24) is 9.80 Å². The van der Waals surface area contributed by atoms with E-state index in [2.05, 4.69) is 41.7 Å². The van der Waals surface area contributed by atoms with Crippen LogP contribution < -0.4 is 18.9 Å². The molecule has 3 aliphatic heterocycles. The van der Waals surface area contributed by atoms with Crippen LogP contribution in [0.25, 0.3) is 0 Å². The van der Waals surface area contributed by atoms with Gasteiger partial charge in [-0.3, -0.25) is 9.80 Å². The van der Waals surface area contributed by atoms with Gasteiger partial charge in [0.05, 0.1) is 0 Å². The average Bonchev–Trinajstić information content (AvgIpc) is 2.74. The molecule has 1 saturated heterocycles. The van der Waals surface area contributed by atoms with Gasteiger partial charge in [-0.05, 0) is 36.4 Å². The topological polar surface area (TPSA) is 43.4 Å². The van der Waals surface area contributed by atoms with Gasteiger partial charge in [0.1, 0.15) is 25.4 Å². The summed E-state index contributed by atoms with van der Waals surface area (Å²) in [5, 5.41) is 0. The number of hydrogen-bond donors (Lipinski definition) is 0. The van der Waals surface area contributed by atoms with Gasteiger partial charge in [0, 0.05) is 48.2 Å². The Morgan fingerprint density at radius 1 is 0.667 bits per heavy atom. The van der Waals surface area contributed by atoms with E-state index in [1.165, 1.54) is 0 Å². The number of ether oxygens (including phenoxy) is 4. The third-order valence-electron chi connectivity index (χ3n) is 5.64. The number of fused-ring (bicyclic) bond motifs is 2. The van der Waals surface area contributed by atoms with Gasteiger partial charge in [-0.25, -0.2) is 0 Å². The summed E-state index contributed by atoms with van der Waals surface area (Å²) in [6, 6.07) is 11.8. The number of rotatable bonds is 4. The minimum atomic E-state index is 0.0587. The molecule has 0 saturated carbocycles. The molecule has 1 fully saturated rings. The summed E-state index contributed by atoms with van der Waals surface area (Å²) in [6.07, 6.45) is 0.117. The number of halogens is 2. The summed E-state index contributed by atoms with van der Waals surface area (Å²) in [7, 11) is 0. The molecule has 0 spiro atoms. The van der Waals surface area contributed by atoms with E-state index in [9.17, 15) is 0 Å². The smallest absolute Gasteiger partial charge is 0.162 e. The highest BCUT2D eigenvalue weighted by atomic mass is 79.9. The lowest BCUT2D eigenvalue weighted by atomic mass is 10.2. The normalized spacial score (nSPS) is 23.9. The maximum absolute atomic E-state index is 6.16. The van der Waals surface area contributed by atoms with Gasteiger partial charge in [-0.2, -0.15) is 0 Å². The van der Waals surface area contributed by atoms with Gasteiger partial charge in [-0.15, -0.1) is 0 Å². The average molecular weight is 540 g/mol. The van der Waals surface area contributed by atoms with E-state index >= 15 is 0 Å². The van der Waals surface area contributed by atoms with Crippen LogP contribution in [0.3, 0.4) is 0 Å². The molecule has 8 heteroatoms. The highest BCUT2D eigenvalue weighted by Crippen LogP contribution is 2.35. The Kier molecular flexibility index (Phi) is 6.09. The SMILES string of the molecule is Brc1ccc2c(c1)O[C@H](CN1CCN(C[C@@H]3COc4ccc(Br)cc4O3)CC1)CO2. The molecule has 6 nitrogen and oxygen atoms in total. The molecule has 5 rings (SSSR count). The number of nitrogens with zero attached hydrogens (tertiary/aromatic N) is 2. The Hall–Kier alpha value is -1.48. The van der Waals surface area contributed by atoms with Crippen LogP contribution in [-0.4, -0.2) is 74.5 Å². The van der Waals surface area contributed by atoms with Crippen LogP contribution in [0, 0.1) is 0 Å². The molecule has 3 aliphatic rings. The fraction of sp³-hybridized carbons (Fsp3) is 0.455. The van der Waals surface area contributed by atoms with E-state index < -0.39 is 0 Å². The van der Waals surface area contributed by atoms with Crippen LogP contribution in [0.5, 0.6) is 23.0 Å². The summed E-state index contributed by atoms with van der Waals surface area (Å²) < 4.78 is 26.1. The molecule has 0 bridgehead atoms. The van der Waals surface area contributed by atoms with E-state index in [1.807, 2.05) is 36.4 Å². The van der Waals surface area contributed by atoms with Crippen molar-refractivity contribution < 1.29 is 18.9 Å². The molecule has 160 valence electrons. The fourth-order valence-electron chi connectivity index (χ4n) is 4.09. The third-order valence-corrected chi connectivity index (χ3v) is 6.62. The standard InChI is InChI=1S/C22H24Br2N2O4/c23-15-1-3-19-21(9-15)29-17(13-27-19)11-25-5-7-26(8-6-25)12-18-14-28-20-4-2-16(24)10-22(20)30-18/h1-4,9-10,17-18H,5-8,11-14H2/t17-,18-/m1/s1. The summed E-state index contributed by atoms with van der Waals surface area (Å²) in [5.74, 6) is 3.28. The van der Waals surface area contributed by atoms with Crippen molar-refractivity contribution in [2.24, 2.45) is 0 Å². The monoisotopic (exact) mass is 538 g/mol. The van der Waals surface area contributed by atoms with E-state index in [1.54, 1.807) is 0 Å². The predicted octanol–water partition coefficient (Wildman–Crippen LogP) is 3.81. The molecule has 30 heavy (non-hydrogen) atoms. The third kappa shape index (κ3) is 4.72. The second kappa shape index (κ2) is 8.94. The van der Waals surface area contributed by atoms with Crippen molar-refractivity contribution in [2.75, 3.05) is 52.5 Å². The zero-order chi connectivity index (χ0) is 20.5. The minimum absolute atomic E-state index is 0.0587. The molecule has 3 heterocycles. The Labute approximate surface area is 193 Å². The molecule has 0 radical (unpaired) electrons. The number of benzene rings is 2. The Balaban J connectivity index is 1.09. The second-order valence-corrected chi connectivity index (χ2v) is 9.72. The van der Waals surface area contributed by atoms with Crippen LogP contribution in [0.4, 0.5) is 0 Å². The van der Waals surface area contributed by atoms with Gasteiger partial charge in [0.2, 0.25) is 0 Å². The molecule has 0 aliphatic carbocycles. The number of hydrogen-bond acceptors (Lipinski definition) is 6. The minimum Gasteiger partial charge on any atom is -0.486 e. The van der Waals surface area contributed by atoms with Crippen LogP contribution in [-0.2, 0) is 0 Å².